The maximum atomic E-state index is 6.04. The molecule has 3 rings (SSSR count). The molecule has 0 radical (unpaired) electrons. The molecule has 0 aliphatic rings. The molecule has 130 valence electrons. The minimum absolute atomic E-state index is 0.544. The van der Waals surface area contributed by atoms with Crippen molar-refractivity contribution < 1.29 is 0 Å². The summed E-state index contributed by atoms with van der Waals surface area (Å²) in [6.07, 6.45) is 4.31. The predicted octanol–water partition coefficient (Wildman–Crippen LogP) is 4.58. The Hall–Kier alpha value is -2.47. The molecule has 7 heteroatoms. The monoisotopic (exact) mass is 356 g/mol. The minimum Gasteiger partial charge on any atom is -0.354 e. The highest BCUT2D eigenvalue weighted by Crippen LogP contribution is 2.26. The van der Waals surface area contributed by atoms with Gasteiger partial charge in [0, 0.05) is 29.6 Å². The highest BCUT2D eigenvalue weighted by molar-refractivity contribution is 6.30. The van der Waals surface area contributed by atoms with Crippen LogP contribution in [-0.2, 0) is 0 Å². The van der Waals surface area contributed by atoms with Crippen molar-refractivity contribution in [2.24, 2.45) is 5.92 Å². The molecule has 6 nitrogen and oxygen atoms in total. The quantitative estimate of drug-likeness (QED) is 0.673. The Morgan fingerprint density at radius 3 is 2.68 bits per heavy atom. The third kappa shape index (κ3) is 4.33. The van der Waals surface area contributed by atoms with E-state index in [0.717, 1.165) is 24.2 Å². The van der Waals surface area contributed by atoms with Gasteiger partial charge in [-0.15, -0.1) is 0 Å². The van der Waals surface area contributed by atoms with E-state index in [-0.39, 0.29) is 0 Å². The van der Waals surface area contributed by atoms with Gasteiger partial charge in [0.15, 0.2) is 17.0 Å². The third-order valence-corrected chi connectivity index (χ3v) is 4.01. The molecule has 0 saturated heterocycles. The maximum absolute atomic E-state index is 6.04. The summed E-state index contributed by atoms with van der Waals surface area (Å²) in [5.41, 5.74) is 3.13. The summed E-state index contributed by atoms with van der Waals surface area (Å²) in [5.74, 6) is 1.78. The van der Waals surface area contributed by atoms with Crippen LogP contribution < -0.4 is 10.6 Å². The lowest BCUT2D eigenvalue weighted by Gasteiger charge is -2.13. The first kappa shape index (κ1) is 17.4. The van der Waals surface area contributed by atoms with Gasteiger partial charge in [0.1, 0.15) is 0 Å². The van der Waals surface area contributed by atoms with Gasteiger partial charge in [-0.1, -0.05) is 25.4 Å². The van der Waals surface area contributed by atoms with E-state index >= 15 is 0 Å². The van der Waals surface area contributed by atoms with Crippen LogP contribution in [0.25, 0.3) is 11.2 Å². The number of fused-ring (bicyclic) bond motifs is 1. The molecule has 0 fully saturated rings. The van der Waals surface area contributed by atoms with Gasteiger partial charge in [-0.05, 0) is 43.0 Å². The number of aromatic nitrogens is 4. The molecule has 1 aromatic carbocycles. The number of hydrogen-bond donors (Lipinski definition) is 2. The lowest BCUT2D eigenvalue weighted by atomic mass is 10.1. The van der Waals surface area contributed by atoms with Crippen LogP contribution >= 0.6 is 11.6 Å². The van der Waals surface area contributed by atoms with E-state index in [1.165, 1.54) is 0 Å². The smallest absolute Gasteiger partial charge is 0.226 e. The third-order valence-electron chi connectivity index (χ3n) is 3.78. The number of nitrogens with zero attached hydrogens (tertiary/aromatic N) is 4. The second kappa shape index (κ2) is 7.61. The Morgan fingerprint density at radius 1 is 1.12 bits per heavy atom. The zero-order valence-electron chi connectivity index (χ0n) is 14.5. The molecule has 2 aromatic heterocycles. The Labute approximate surface area is 152 Å². The van der Waals surface area contributed by atoms with E-state index in [1.54, 1.807) is 12.4 Å². The lowest BCUT2D eigenvalue weighted by Crippen LogP contribution is -2.10. The van der Waals surface area contributed by atoms with Crippen molar-refractivity contribution in [2.45, 2.75) is 27.2 Å². The fourth-order valence-electron chi connectivity index (χ4n) is 2.40. The molecule has 2 N–H and O–H groups in total. The van der Waals surface area contributed by atoms with E-state index in [1.807, 2.05) is 25.1 Å². The fourth-order valence-corrected chi connectivity index (χ4v) is 2.62. The Morgan fingerprint density at radius 2 is 1.92 bits per heavy atom. The Balaban J connectivity index is 1.94. The Kier molecular flexibility index (Phi) is 5.28. The molecular formula is C18H21ClN6. The van der Waals surface area contributed by atoms with Crippen molar-refractivity contribution in [3.8, 4) is 0 Å². The number of hydrogen-bond acceptors (Lipinski definition) is 6. The number of benzene rings is 1. The van der Waals surface area contributed by atoms with Crippen LogP contribution in [0.15, 0.2) is 30.6 Å². The van der Waals surface area contributed by atoms with Gasteiger partial charge in [-0.25, -0.2) is 9.97 Å². The van der Waals surface area contributed by atoms with Crippen LogP contribution in [0, 0.1) is 12.8 Å². The standard InChI is InChI=1S/C18H21ClN6/c1-11(2)6-7-22-18-24-16-15(20-8-9-21-16)17(25-18)23-14-5-4-13(19)10-12(14)3/h4-5,8-11H,6-7H2,1-3H3,(H2,21,22,23,24,25). The molecule has 0 aliphatic carbocycles. The van der Waals surface area contributed by atoms with Gasteiger partial charge in [-0.2, -0.15) is 9.97 Å². The average molecular weight is 357 g/mol. The summed E-state index contributed by atoms with van der Waals surface area (Å²) >= 11 is 6.04. The van der Waals surface area contributed by atoms with Gasteiger partial charge >= 0.3 is 0 Å². The van der Waals surface area contributed by atoms with Crippen LogP contribution in [0.4, 0.5) is 17.5 Å². The summed E-state index contributed by atoms with van der Waals surface area (Å²) in [7, 11) is 0. The first-order valence-corrected chi connectivity index (χ1v) is 8.66. The first-order valence-electron chi connectivity index (χ1n) is 8.28. The molecular weight excluding hydrogens is 336 g/mol. The summed E-state index contributed by atoms with van der Waals surface area (Å²) in [6, 6.07) is 5.67. The van der Waals surface area contributed by atoms with E-state index < -0.39 is 0 Å². The number of anilines is 3. The van der Waals surface area contributed by atoms with Crippen molar-refractivity contribution in [3.63, 3.8) is 0 Å². The van der Waals surface area contributed by atoms with Gasteiger partial charge in [0.05, 0.1) is 0 Å². The topological polar surface area (TPSA) is 75.6 Å². The first-order chi connectivity index (χ1) is 12.0. The summed E-state index contributed by atoms with van der Waals surface area (Å²) in [6.45, 7) is 7.17. The Bertz CT molecular complexity index is 881. The molecule has 0 unspecified atom stereocenters. The van der Waals surface area contributed by atoms with E-state index in [9.17, 15) is 0 Å². The molecule has 0 saturated carbocycles. The fraction of sp³-hybridized carbons (Fsp3) is 0.333. The number of rotatable bonds is 6. The normalized spacial score (nSPS) is 11.1. The van der Waals surface area contributed by atoms with Crippen LogP contribution in [0.5, 0.6) is 0 Å². The number of aryl methyl sites for hydroxylation is 1. The highest BCUT2D eigenvalue weighted by Gasteiger charge is 2.11. The van der Waals surface area contributed by atoms with Crippen LogP contribution in [0.3, 0.4) is 0 Å². The average Bonchev–Trinajstić information content (AvgIpc) is 2.57. The maximum Gasteiger partial charge on any atom is 0.226 e. The van der Waals surface area contributed by atoms with Crippen LogP contribution in [0.2, 0.25) is 5.02 Å². The van der Waals surface area contributed by atoms with Gasteiger partial charge < -0.3 is 10.6 Å². The zero-order valence-corrected chi connectivity index (χ0v) is 15.3. The molecule has 3 aromatic rings. The number of halogens is 1. The predicted molar refractivity (Wildman–Crippen MR) is 103 cm³/mol. The molecule has 25 heavy (non-hydrogen) atoms. The molecule has 0 spiro atoms. The summed E-state index contributed by atoms with van der Waals surface area (Å²) < 4.78 is 0. The lowest BCUT2D eigenvalue weighted by molar-refractivity contribution is 0.606. The van der Waals surface area contributed by atoms with Crippen molar-refractivity contribution >= 4 is 40.2 Å². The summed E-state index contributed by atoms with van der Waals surface area (Å²) in [5, 5.41) is 7.30. The van der Waals surface area contributed by atoms with Crippen molar-refractivity contribution in [1.29, 1.82) is 0 Å². The molecule has 0 bridgehead atoms. The second-order valence-electron chi connectivity index (χ2n) is 6.32. The molecule has 2 heterocycles. The highest BCUT2D eigenvalue weighted by atomic mass is 35.5. The largest absolute Gasteiger partial charge is 0.354 e. The van der Waals surface area contributed by atoms with E-state index in [2.05, 4.69) is 44.4 Å². The van der Waals surface area contributed by atoms with E-state index in [0.29, 0.717) is 33.9 Å². The second-order valence-corrected chi connectivity index (χ2v) is 6.75. The minimum atomic E-state index is 0.544. The zero-order chi connectivity index (χ0) is 17.8. The van der Waals surface area contributed by atoms with Crippen molar-refractivity contribution in [1.82, 2.24) is 19.9 Å². The van der Waals surface area contributed by atoms with Gasteiger partial charge in [0.2, 0.25) is 5.95 Å². The summed E-state index contributed by atoms with van der Waals surface area (Å²) in [4.78, 5) is 17.7. The van der Waals surface area contributed by atoms with Crippen LogP contribution in [0.1, 0.15) is 25.8 Å². The van der Waals surface area contributed by atoms with Crippen LogP contribution in [-0.4, -0.2) is 26.5 Å². The van der Waals surface area contributed by atoms with Gasteiger partial charge in [0.25, 0.3) is 0 Å². The van der Waals surface area contributed by atoms with Crippen molar-refractivity contribution in [2.75, 3.05) is 17.2 Å². The SMILES string of the molecule is Cc1cc(Cl)ccc1Nc1nc(NCCC(C)C)nc2nccnc12. The van der Waals surface area contributed by atoms with Gasteiger partial charge in [-0.3, -0.25) is 0 Å². The molecule has 0 atom stereocenters. The molecule has 0 amide bonds. The van der Waals surface area contributed by atoms with Crippen molar-refractivity contribution in [3.05, 3.63) is 41.2 Å². The number of nitrogens with one attached hydrogen (secondary N) is 2. The van der Waals surface area contributed by atoms with E-state index in [4.69, 9.17) is 11.6 Å². The molecule has 0 aliphatic heterocycles.